The highest BCUT2D eigenvalue weighted by Gasteiger charge is 2.52. The summed E-state index contributed by atoms with van der Waals surface area (Å²) in [5.74, 6) is -1.80. The third-order valence-corrected chi connectivity index (χ3v) is 5.94. The number of halogens is 1. The van der Waals surface area contributed by atoms with Crippen LogP contribution in [0.15, 0.2) is 24.3 Å². The second-order valence-electron chi connectivity index (χ2n) is 7.57. The molecule has 1 aromatic rings. The van der Waals surface area contributed by atoms with Crippen LogP contribution in [0.2, 0.25) is 5.02 Å². The van der Waals surface area contributed by atoms with Gasteiger partial charge in [0.1, 0.15) is 5.54 Å². The predicted molar refractivity (Wildman–Crippen MR) is 101 cm³/mol. The third-order valence-electron chi connectivity index (χ3n) is 5.71. The second-order valence-corrected chi connectivity index (χ2v) is 8.01. The lowest BCUT2D eigenvalue weighted by atomic mass is 9.82. The fourth-order valence-electron chi connectivity index (χ4n) is 4.19. The van der Waals surface area contributed by atoms with Crippen LogP contribution in [0, 0.1) is 5.92 Å². The van der Waals surface area contributed by atoms with Crippen molar-refractivity contribution >= 4 is 41.0 Å². The maximum atomic E-state index is 12.8. The van der Waals surface area contributed by atoms with Gasteiger partial charge in [0.25, 0.3) is 5.91 Å². The molecule has 0 aromatic heterocycles. The zero-order valence-corrected chi connectivity index (χ0v) is 16.0. The lowest BCUT2D eigenvalue weighted by molar-refractivity contribution is -0.141. The summed E-state index contributed by atoms with van der Waals surface area (Å²) in [5, 5.41) is 4.02. The number of nitrogens with one attached hydrogen (secondary N) is 2. The highest BCUT2D eigenvalue weighted by Crippen LogP contribution is 2.33. The van der Waals surface area contributed by atoms with Crippen LogP contribution >= 0.6 is 11.6 Å². The Morgan fingerprint density at radius 3 is 2.64 bits per heavy atom. The number of carbonyl (C=O) groups is 4. The van der Waals surface area contributed by atoms with E-state index in [9.17, 15) is 19.2 Å². The van der Waals surface area contributed by atoms with Gasteiger partial charge in [0.2, 0.25) is 11.8 Å². The Morgan fingerprint density at radius 2 is 1.93 bits per heavy atom. The van der Waals surface area contributed by atoms with Gasteiger partial charge in [-0.1, -0.05) is 36.9 Å². The van der Waals surface area contributed by atoms with Crippen LogP contribution in [0.4, 0.5) is 10.5 Å². The Balaban J connectivity index is 1.43. The smallest absolute Gasteiger partial charge is 0.322 e. The normalized spacial score (nSPS) is 24.0. The van der Waals surface area contributed by atoms with Gasteiger partial charge in [-0.3, -0.25) is 19.8 Å². The molecule has 2 heterocycles. The van der Waals surface area contributed by atoms with E-state index in [0.29, 0.717) is 23.6 Å². The van der Waals surface area contributed by atoms with Crippen LogP contribution in [0.5, 0.6) is 0 Å². The monoisotopic (exact) mass is 404 g/mol. The highest BCUT2D eigenvalue weighted by atomic mass is 35.5. The summed E-state index contributed by atoms with van der Waals surface area (Å²) in [7, 11) is 0. The first-order chi connectivity index (χ1) is 13.4. The maximum absolute atomic E-state index is 12.8. The summed E-state index contributed by atoms with van der Waals surface area (Å²) in [4.78, 5) is 51.6. The predicted octanol–water partition coefficient (Wildman–Crippen LogP) is 1.98. The molecular formula is C19H21ClN4O4. The lowest BCUT2D eigenvalue weighted by Crippen LogP contribution is -2.52. The molecule has 1 aromatic carbocycles. The molecule has 9 heteroatoms. The number of amides is 5. The quantitative estimate of drug-likeness (QED) is 0.752. The molecule has 0 radical (unpaired) electrons. The zero-order chi connectivity index (χ0) is 19.9. The van der Waals surface area contributed by atoms with Gasteiger partial charge in [-0.2, -0.15) is 5.01 Å². The van der Waals surface area contributed by atoms with Crippen molar-refractivity contribution < 1.29 is 19.2 Å². The standard InChI is InChI=1S/C19H21ClN4O4/c20-13-5-4-6-14(10-13)23-11-12(9-15(23)25)16(26)22-24-17(27)19(21-18(24)28)7-2-1-3-8-19/h4-6,10,12H,1-3,7-9,11H2,(H,21,28)(H,22,26). The molecule has 2 N–H and O–H groups in total. The summed E-state index contributed by atoms with van der Waals surface area (Å²) in [6, 6.07) is 6.22. The molecule has 1 unspecified atom stereocenters. The molecule has 3 fully saturated rings. The molecular weight excluding hydrogens is 384 g/mol. The van der Waals surface area contributed by atoms with Crippen molar-refractivity contribution in [1.29, 1.82) is 0 Å². The maximum Gasteiger partial charge on any atom is 0.344 e. The Kier molecular flexibility index (Phi) is 4.74. The molecule has 0 bridgehead atoms. The molecule has 1 spiro atoms. The van der Waals surface area contributed by atoms with Crippen molar-refractivity contribution in [2.75, 3.05) is 11.4 Å². The minimum Gasteiger partial charge on any atom is -0.322 e. The molecule has 2 saturated heterocycles. The van der Waals surface area contributed by atoms with Crippen LogP contribution in [-0.2, 0) is 14.4 Å². The highest BCUT2D eigenvalue weighted by molar-refractivity contribution is 6.31. The third kappa shape index (κ3) is 3.22. The van der Waals surface area contributed by atoms with Crippen LogP contribution in [0.25, 0.3) is 0 Å². The molecule has 5 amide bonds. The first-order valence-corrected chi connectivity index (χ1v) is 9.80. The van der Waals surface area contributed by atoms with Crippen LogP contribution in [0.1, 0.15) is 38.5 Å². The van der Waals surface area contributed by atoms with Gasteiger partial charge in [0, 0.05) is 23.7 Å². The number of anilines is 1. The second kappa shape index (κ2) is 7.09. The number of hydrogen-bond donors (Lipinski definition) is 2. The van der Waals surface area contributed by atoms with Crippen molar-refractivity contribution in [2.45, 2.75) is 44.1 Å². The van der Waals surface area contributed by atoms with E-state index in [2.05, 4.69) is 10.7 Å². The number of rotatable bonds is 3. The number of hydrogen-bond acceptors (Lipinski definition) is 4. The number of carbonyl (C=O) groups excluding carboxylic acids is 4. The SMILES string of the molecule is O=C(NN1C(=O)NC2(CCCCC2)C1=O)C1CC(=O)N(c2cccc(Cl)c2)C1. The number of urea groups is 1. The van der Waals surface area contributed by atoms with Crippen molar-refractivity contribution in [1.82, 2.24) is 15.8 Å². The summed E-state index contributed by atoms with van der Waals surface area (Å²) >= 11 is 5.98. The van der Waals surface area contributed by atoms with E-state index in [-0.39, 0.29) is 18.9 Å². The van der Waals surface area contributed by atoms with E-state index >= 15 is 0 Å². The number of imide groups is 1. The average molecular weight is 405 g/mol. The van der Waals surface area contributed by atoms with Crippen LogP contribution < -0.4 is 15.6 Å². The van der Waals surface area contributed by atoms with Gasteiger partial charge in [-0.25, -0.2) is 4.79 Å². The van der Waals surface area contributed by atoms with Gasteiger partial charge in [-0.15, -0.1) is 0 Å². The summed E-state index contributed by atoms with van der Waals surface area (Å²) < 4.78 is 0. The van der Waals surface area contributed by atoms with Crippen molar-refractivity contribution in [3.63, 3.8) is 0 Å². The van der Waals surface area contributed by atoms with E-state index in [0.717, 1.165) is 24.3 Å². The van der Waals surface area contributed by atoms with Gasteiger partial charge in [-0.05, 0) is 31.0 Å². The van der Waals surface area contributed by atoms with E-state index in [1.54, 1.807) is 24.3 Å². The Morgan fingerprint density at radius 1 is 1.18 bits per heavy atom. The fraction of sp³-hybridized carbons (Fsp3) is 0.474. The van der Waals surface area contributed by atoms with Crippen molar-refractivity contribution in [2.24, 2.45) is 5.92 Å². The molecule has 3 aliphatic rings. The average Bonchev–Trinajstić information content (AvgIpc) is 3.16. The van der Waals surface area contributed by atoms with Gasteiger partial charge in [0.05, 0.1) is 5.92 Å². The Labute approximate surface area is 167 Å². The molecule has 8 nitrogen and oxygen atoms in total. The largest absolute Gasteiger partial charge is 0.344 e. The molecule has 28 heavy (non-hydrogen) atoms. The molecule has 2 aliphatic heterocycles. The fourth-order valence-corrected chi connectivity index (χ4v) is 4.38. The number of nitrogens with zero attached hydrogens (tertiary/aromatic N) is 2. The van der Waals surface area contributed by atoms with E-state index in [1.165, 1.54) is 4.90 Å². The summed E-state index contributed by atoms with van der Waals surface area (Å²) in [6.07, 6.45) is 3.91. The summed E-state index contributed by atoms with van der Waals surface area (Å²) in [5.41, 5.74) is 2.14. The Bertz CT molecular complexity index is 852. The van der Waals surface area contributed by atoms with E-state index in [4.69, 9.17) is 11.6 Å². The molecule has 1 saturated carbocycles. The van der Waals surface area contributed by atoms with Crippen molar-refractivity contribution in [3.8, 4) is 0 Å². The van der Waals surface area contributed by atoms with Crippen molar-refractivity contribution in [3.05, 3.63) is 29.3 Å². The molecule has 1 aliphatic carbocycles. The minimum atomic E-state index is -0.902. The van der Waals surface area contributed by atoms with Gasteiger partial charge >= 0.3 is 6.03 Å². The first kappa shape index (κ1) is 18.7. The lowest BCUT2D eigenvalue weighted by Gasteiger charge is -2.30. The Hall–Kier alpha value is -2.61. The van der Waals surface area contributed by atoms with Crippen LogP contribution in [-0.4, -0.2) is 40.8 Å². The minimum absolute atomic E-state index is 0.00708. The van der Waals surface area contributed by atoms with Crippen LogP contribution in [0.3, 0.4) is 0 Å². The number of hydrazine groups is 1. The molecule has 1 atom stereocenters. The number of benzene rings is 1. The van der Waals surface area contributed by atoms with E-state index in [1.807, 2.05) is 0 Å². The van der Waals surface area contributed by atoms with Gasteiger partial charge < -0.3 is 10.2 Å². The topological polar surface area (TPSA) is 98.8 Å². The summed E-state index contributed by atoms with van der Waals surface area (Å²) in [6.45, 7) is 0.166. The molecule has 148 valence electrons. The van der Waals surface area contributed by atoms with E-state index < -0.39 is 29.3 Å². The first-order valence-electron chi connectivity index (χ1n) is 9.43. The zero-order valence-electron chi connectivity index (χ0n) is 15.2. The molecule has 4 rings (SSSR count). The van der Waals surface area contributed by atoms with Gasteiger partial charge in [0.15, 0.2) is 0 Å².